The van der Waals surface area contributed by atoms with E-state index in [2.05, 4.69) is 16.0 Å². The molecule has 0 N–H and O–H groups in total. The van der Waals surface area contributed by atoms with Crippen molar-refractivity contribution in [2.45, 2.75) is 13.0 Å². The first kappa shape index (κ1) is 11.7. The van der Waals surface area contributed by atoms with Gasteiger partial charge >= 0.3 is 0 Å². The first-order valence-electron chi connectivity index (χ1n) is 5.59. The Morgan fingerprint density at radius 3 is 3.19 bits per heavy atom. The van der Waals surface area contributed by atoms with E-state index in [0.29, 0.717) is 5.92 Å². The van der Waals surface area contributed by atoms with Gasteiger partial charge in [-0.15, -0.1) is 11.6 Å². The molecule has 1 atom stereocenters. The van der Waals surface area contributed by atoms with Crippen LogP contribution in [-0.2, 0) is 6.54 Å². The van der Waals surface area contributed by atoms with E-state index in [9.17, 15) is 0 Å². The molecule has 88 valence electrons. The van der Waals surface area contributed by atoms with Crippen LogP contribution in [0.2, 0.25) is 0 Å². The normalized spacial score (nSPS) is 21.2. The van der Waals surface area contributed by atoms with Crippen molar-refractivity contribution < 1.29 is 4.74 Å². The van der Waals surface area contributed by atoms with Gasteiger partial charge in [0, 0.05) is 30.7 Å². The molecule has 16 heavy (non-hydrogen) atoms. The molecule has 2 rings (SSSR count). The Morgan fingerprint density at radius 1 is 1.62 bits per heavy atom. The van der Waals surface area contributed by atoms with Crippen molar-refractivity contribution in [1.29, 1.82) is 0 Å². The number of alkyl halides is 1. The molecule has 0 radical (unpaired) electrons. The van der Waals surface area contributed by atoms with Crippen molar-refractivity contribution in [2.24, 2.45) is 5.92 Å². The lowest BCUT2D eigenvalue weighted by atomic mass is 10.2. The fraction of sp³-hybridized carbons (Fsp3) is 0.583. The highest BCUT2D eigenvalue weighted by Gasteiger charge is 2.22. The van der Waals surface area contributed by atoms with E-state index in [4.69, 9.17) is 16.3 Å². The Balaban J connectivity index is 1.99. The second kappa shape index (κ2) is 5.51. The number of likely N-dealkylation sites (tertiary alicyclic amines) is 1. The third-order valence-corrected chi connectivity index (χ3v) is 3.46. The molecule has 2 heterocycles. The number of rotatable bonds is 4. The molecule has 0 saturated carbocycles. The van der Waals surface area contributed by atoms with Crippen LogP contribution in [0.25, 0.3) is 0 Å². The van der Waals surface area contributed by atoms with E-state index in [1.165, 1.54) is 6.42 Å². The Morgan fingerprint density at radius 2 is 2.50 bits per heavy atom. The molecule has 1 aromatic heterocycles. The van der Waals surface area contributed by atoms with Crippen molar-refractivity contribution in [3.63, 3.8) is 0 Å². The summed E-state index contributed by atoms with van der Waals surface area (Å²) in [5.41, 5.74) is 1.15. The van der Waals surface area contributed by atoms with Gasteiger partial charge in [0.25, 0.3) is 0 Å². The first-order chi connectivity index (χ1) is 7.83. The number of hydrogen-bond donors (Lipinski definition) is 0. The second-order valence-corrected chi connectivity index (χ2v) is 4.52. The van der Waals surface area contributed by atoms with Gasteiger partial charge in [-0.3, -0.25) is 4.90 Å². The summed E-state index contributed by atoms with van der Waals surface area (Å²) in [6, 6.07) is 4.02. The number of hydrogen-bond acceptors (Lipinski definition) is 3. The zero-order valence-electron chi connectivity index (χ0n) is 9.53. The molecule has 1 aromatic rings. The van der Waals surface area contributed by atoms with Crippen molar-refractivity contribution in [3.05, 3.63) is 23.9 Å². The maximum absolute atomic E-state index is 5.87. The maximum atomic E-state index is 5.87. The minimum absolute atomic E-state index is 0.643. The summed E-state index contributed by atoms with van der Waals surface area (Å²) in [5, 5.41) is 0. The second-order valence-electron chi connectivity index (χ2n) is 4.22. The molecular weight excluding hydrogens is 224 g/mol. The number of halogens is 1. The summed E-state index contributed by atoms with van der Waals surface area (Å²) in [6.07, 6.45) is 2.96. The zero-order valence-corrected chi connectivity index (χ0v) is 10.3. The van der Waals surface area contributed by atoms with Crippen LogP contribution in [0.3, 0.4) is 0 Å². The predicted molar refractivity (Wildman–Crippen MR) is 64.9 cm³/mol. The molecule has 1 saturated heterocycles. The highest BCUT2D eigenvalue weighted by atomic mass is 35.5. The smallest absolute Gasteiger partial charge is 0.217 e. The fourth-order valence-corrected chi connectivity index (χ4v) is 2.40. The fourth-order valence-electron chi connectivity index (χ4n) is 2.15. The minimum atomic E-state index is 0.643. The molecule has 0 spiro atoms. The lowest BCUT2D eigenvalue weighted by molar-refractivity contribution is 0.309. The monoisotopic (exact) mass is 240 g/mol. The molecule has 0 aromatic carbocycles. The van der Waals surface area contributed by atoms with E-state index in [1.54, 1.807) is 13.3 Å². The van der Waals surface area contributed by atoms with Gasteiger partial charge in [-0.25, -0.2) is 4.98 Å². The van der Waals surface area contributed by atoms with Gasteiger partial charge in [-0.2, -0.15) is 0 Å². The van der Waals surface area contributed by atoms with Gasteiger partial charge in [0.15, 0.2) is 0 Å². The van der Waals surface area contributed by atoms with Crippen molar-refractivity contribution in [1.82, 2.24) is 9.88 Å². The van der Waals surface area contributed by atoms with E-state index in [-0.39, 0.29) is 0 Å². The van der Waals surface area contributed by atoms with Crippen LogP contribution in [0.1, 0.15) is 12.0 Å². The molecule has 0 aliphatic carbocycles. The number of aromatic nitrogens is 1. The van der Waals surface area contributed by atoms with Crippen LogP contribution in [0, 0.1) is 5.92 Å². The Labute approximate surface area is 101 Å². The Kier molecular flexibility index (Phi) is 4.02. The highest BCUT2D eigenvalue weighted by molar-refractivity contribution is 6.18. The molecule has 1 aliphatic rings. The first-order valence-corrected chi connectivity index (χ1v) is 6.13. The lowest BCUT2D eigenvalue weighted by Gasteiger charge is -2.16. The lowest BCUT2D eigenvalue weighted by Crippen LogP contribution is -2.21. The minimum Gasteiger partial charge on any atom is -0.481 e. The Hall–Kier alpha value is -0.800. The number of ether oxygens (including phenoxy) is 1. The SMILES string of the molecule is COc1ncccc1CN1CCC(CCl)C1. The predicted octanol–water partition coefficient (Wildman–Crippen LogP) is 2.15. The summed E-state index contributed by atoms with van der Waals surface area (Å²) in [5.74, 6) is 2.14. The number of pyridine rings is 1. The highest BCUT2D eigenvalue weighted by Crippen LogP contribution is 2.22. The molecule has 3 nitrogen and oxygen atoms in total. The molecular formula is C12H17ClN2O. The molecule has 0 bridgehead atoms. The van der Waals surface area contributed by atoms with Gasteiger partial charge in [-0.05, 0) is 24.9 Å². The van der Waals surface area contributed by atoms with Gasteiger partial charge in [0.1, 0.15) is 0 Å². The standard InChI is InChI=1S/C12H17ClN2O/c1-16-12-11(3-2-5-14-12)9-15-6-4-10(7-13)8-15/h2-3,5,10H,4,6-9H2,1H3. The van der Waals surface area contributed by atoms with E-state index < -0.39 is 0 Å². The van der Waals surface area contributed by atoms with Crippen molar-refractivity contribution >= 4 is 11.6 Å². The summed E-state index contributed by atoms with van der Waals surface area (Å²) in [6.45, 7) is 3.11. The van der Waals surface area contributed by atoms with Gasteiger partial charge < -0.3 is 4.74 Å². The van der Waals surface area contributed by atoms with E-state index in [1.807, 2.05) is 6.07 Å². The molecule has 1 aliphatic heterocycles. The van der Waals surface area contributed by atoms with E-state index in [0.717, 1.165) is 37.0 Å². The summed E-state index contributed by atoms with van der Waals surface area (Å²) in [7, 11) is 1.66. The third kappa shape index (κ3) is 2.66. The third-order valence-electron chi connectivity index (χ3n) is 3.03. The van der Waals surface area contributed by atoms with Crippen LogP contribution in [0.15, 0.2) is 18.3 Å². The van der Waals surface area contributed by atoms with Crippen LogP contribution in [0.5, 0.6) is 5.88 Å². The van der Waals surface area contributed by atoms with Gasteiger partial charge in [0.05, 0.1) is 7.11 Å². The topological polar surface area (TPSA) is 25.4 Å². The Bertz CT molecular complexity index is 346. The molecule has 1 unspecified atom stereocenters. The summed E-state index contributed by atoms with van der Waals surface area (Å²) >= 11 is 5.87. The molecule has 0 amide bonds. The number of nitrogens with zero attached hydrogens (tertiary/aromatic N) is 2. The van der Waals surface area contributed by atoms with E-state index >= 15 is 0 Å². The largest absolute Gasteiger partial charge is 0.481 e. The summed E-state index contributed by atoms with van der Waals surface area (Å²) in [4.78, 5) is 6.61. The quantitative estimate of drug-likeness (QED) is 0.755. The van der Waals surface area contributed by atoms with Crippen molar-refractivity contribution in [2.75, 3.05) is 26.1 Å². The average Bonchev–Trinajstić information content (AvgIpc) is 2.77. The number of methoxy groups -OCH3 is 1. The maximum Gasteiger partial charge on any atom is 0.217 e. The van der Waals surface area contributed by atoms with Crippen LogP contribution in [-0.4, -0.2) is 36.0 Å². The average molecular weight is 241 g/mol. The molecule has 4 heteroatoms. The zero-order chi connectivity index (χ0) is 11.4. The van der Waals surface area contributed by atoms with Gasteiger partial charge in [-0.1, -0.05) is 6.07 Å². The summed E-state index contributed by atoms with van der Waals surface area (Å²) < 4.78 is 5.24. The van der Waals surface area contributed by atoms with Crippen molar-refractivity contribution in [3.8, 4) is 5.88 Å². The van der Waals surface area contributed by atoms with Crippen LogP contribution >= 0.6 is 11.6 Å². The molecule has 1 fully saturated rings. The van der Waals surface area contributed by atoms with Crippen LogP contribution in [0.4, 0.5) is 0 Å². The van der Waals surface area contributed by atoms with Crippen LogP contribution < -0.4 is 4.74 Å². The van der Waals surface area contributed by atoms with Gasteiger partial charge in [0.2, 0.25) is 5.88 Å².